The van der Waals surface area contributed by atoms with Gasteiger partial charge in [-0.25, -0.2) is 13.6 Å². The van der Waals surface area contributed by atoms with Gasteiger partial charge >= 0.3 is 5.97 Å². The summed E-state index contributed by atoms with van der Waals surface area (Å²) in [6, 6.07) is 2.45. The number of aromatic nitrogens is 3. The number of carbonyl (C=O) groups excluding carboxylic acids is 1. The lowest BCUT2D eigenvalue weighted by atomic mass is 10.1. The van der Waals surface area contributed by atoms with Crippen molar-refractivity contribution in [1.29, 1.82) is 0 Å². The lowest BCUT2D eigenvalue weighted by Crippen LogP contribution is -2.07. The molecule has 0 bridgehead atoms. The Morgan fingerprint density at radius 2 is 2.11 bits per heavy atom. The van der Waals surface area contributed by atoms with E-state index in [4.69, 9.17) is 4.74 Å². The third kappa shape index (κ3) is 2.44. The molecule has 1 N–H and O–H groups in total. The Labute approximate surface area is 107 Å². The van der Waals surface area contributed by atoms with E-state index in [-0.39, 0.29) is 23.6 Å². The van der Waals surface area contributed by atoms with Gasteiger partial charge in [-0.2, -0.15) is 10.3 Å². The molecular formula is C12H11F2N3O2. The van der Waals surface area contributed by atoms with Crippen molar-refractivity contribution in [3.63, 3.8) is 0 Å². The van der Waals surface area contributed by atoms with Gasteiger partial charge in [-0.3, -0.25) is 0 Å². The summed E-state index contributed by atoms with van der Waals surface area (Å²) in [6.07, 6.45) is 0. The first-order chi connectivity index (χ1) is 9.04. The van der Waals surface area contributed by atoms with Gasteiger partial charge in [0.15, 0.2) is 17.3 Å². The molecule has 19 heavy (non-hydrogen) atoms. The summed E-state index contributed by atoms with van der Waals surface area (Å²) < 4.78 is 31.9. The molecule has 0 saturated heterocycles. The second-order valence-corrected chi connectivity index (χ2v) is 3.85. The predicted molar refractivity (Wildman–Crippen MR) is 62.4 cm³/mol. The Hall–Kier alpha value is -2.31. The molecule has 1 heterocycles. The third-order valence-corrected chi connectivity index (χ3v) is 2.44. The van der Waals surface area contributed by atoms with E-state index in [1.807, 2.05) is 0 Å². The van der Waals surface area contributed by atoms with Crippen LogP contribution in [0.2, 0.25) is 0 Å². The maximum absolute atomic E-state index is 13.8. The zero-order valence-corrected chi connectivity index (χ0v) is 10.3. The van der Waals surface area contributed by atoms with E-state index in [1.54, 1.807) is 13.8 Å². The smallest absolute Gasteiger partial charge is 0.361 e. The molecule has 7 heteroatoms. The molecule has 0 amide bonds. The molecular weight excluding hydrogens is 256 g/mol. The molecule has 0 spiro atoms. The first-order valence-corrected chi connectivity index (χ1v) is 5.58. The van der Waals surface area contributed by atoms with E-state index in [9.17, 15) is 13.6 Å². The van der Waals surface area contributed by atoms with Crippen LogP contribution in [-0.2, 0) is 4.74 Å². The minimum atomic E-state index is -1.08. The van der Waals surface area contributed by atoms with E-state index in [0.717, 1.165) is 6.07 Å². The average Bonchev–Trinajstić information content (AvgIpc) is 2.83. The van der Waals surface area contributed by atoms with Crippen LogP contribution in [0.1, 0.15) is 23.0 Å². The van der Waals surface area contributed by atoms with Gasteiger partial charge in [0.05, 0.1) is 6.61 Å². The number of esters is 1. The maximum atomic E-state index is 13.8. The van der Waals surface area contributed by atoms with Crippen LogP contribution in [0.15, 0.2) is 12.1 Å². The number of aromatic amines is 1. The molecule has 0 fully saturated rings. The molecule has 1 aromatic heterocycles. The van der Waals surface area contributed by atoms with E-state index in [1.165, 1.54) is 6.07 Å². The van der Waals surface area contributed by atoms with Crippen molar-refractivity contribution in [2.45, 2.75) is 13.8 Å². The summed E-state index contributed by atoms with van der Waals surface area (Å²) in [5.41, 5.74) is 0.130. The van der Waals surface area contributed by atoms with Crippen LogP contribution < -0.4 is 0 Å². The summed E-state index contributed by atoms with van der Waals surface area (Å²) in [6.45, 7) is 3.39. The minimum absolute atomic E-state index is 0.0708. The summed E-state index contributed by atoms with van der Waals surface area (Å²) in [7, 11) is 0. The van der Waals surface area contributed by atoms with Crippen LogP contribution in [-0.4, -0.2) is 28.0 Å². The summed E-state index contributed by atoms with van der Waals surface area (Å²) in [5.74, 6) is -2.83. The molecule has 0 aliphatic carbocycles. The van der Waals surface area contributed by atoms with Crippen molar-refractivity contribution in [1.82, 2.24) is 15.4 Å². The standard InChI is InChI=1S/C12H11F2N3O2/c1-3-19-12(18)11-10(15-17-16-11)7-4-6(2)5-8(13)9(7)14/h4-5H,3H2,1-2H3,(H,15,16,17). The predicted octanol–water partition coefficient (Wildman–Crippen LogP) is 2.24. The number of nitrogens with one attached hydrogen (secondary N) is 1. The Kier molecular flexibility index (Phi) is 3.55. The number of rotatable bonds is 3. The van der Waals surface area contributed by atoms with Crippen LogP contribution in [0, 0.1) is 18.6 Å². The number of H-pyrrole nitrogens is 1. The highest BCUT2D eigenvalue weighted by atomic mass is 19.2. The Morgan fingerprint density at radius 1 is 1.37 bits per heavy atom. The van der Waals surface area contributed by atoms with Crippen molar-refractivity contribution >= 4 is 5.97 Å². The largest absolute Gasteiger partial charge is 0.461 e. The van der Waals surface area contributed by atoms with Gasteiger partial charge in [0, 0.05) is 5.56 Å². The van der Waals surface area contributed by atoms with Gasteiger partial charge in [0.2, 0.25) is 0 Å². The van der Waals surface area contributed by atoms with Crippen molar-refractivity contribution in [2.75, 3.05) is 6.61 Å². The number of hydrogen-bond donors (Lipinski definition) is 1. The normalized spacial score (nSPS) is 10.5. The molecule has 0 saturated carbocycles. The number of benzene rings is 1. The second-order valence-electron chi connectivity index (χ2n) is 3.85. The number of ether oxygens (including phenoxy) is 1. The molecule has 2 rings (SSSR count). The van der Waals surface area contributed by atoms with Gasteiger partial charge in [-0.15, -0.1) is 5.10 Å². The number of carbonyl (C=O) groups is 1. The number of halogens is 2. The van der Waals surface area contributed by atoms with Gasteiger partial charge in [-0.05, 0) is 31.5 Å². The molecule has 100 valence electrons. The zero-order chi connectivity index (χ0) is 14.0. The molecule has 5 nitrogen and oxygen atoms in total. The molecule has 0 aliphatic rings. The lowest BCUT2D eigenvalue weighted by Gasteiger charge is -2.04. The van der Waals surface area contributed by atoms with Crippen molar-refractivity contribution in [3.05, 3.63) is 35.0 Å². The highest BCUT2D eigenvalue weighted by Crippen LogP contribution is 2.26. The van der Waals surface area contributed by atoms with Crippen LogP contribution in [0.3, 0.4) is 0 Å². The molecule has 2 aromatic rings. The van der Waals surface area contributed by atoms with Crippen LogP contribution in [0.25, 0.3) is 11.3 Å². The first kappa shape index (κ1) is 13.1. The fourth-order valence-corrected chi connectivity index (χ4v) is 1.66. The SMILES string of the molecule is CCOC(=O)c1n[nH]nc1-c1cc(C)cc(F)c1F. The first-order valence-electron chi connectivity index (χ1n) is 5.58. The van der Waals surface area contributed by atoms with Crippen molar-refractivity contribution < 1.29 is 18.3 Å². The minimum Gasteiger partial charge on any atom is -0.461 e. The van der Waals surface area contributed by atoms with Gasteiger partial charge in [0.1, 0.15) is 5.69 Å². The third-order valence-electron chi connectivity index (χ3n) is 2.44. The average molecular weight is 267 g/mol. The number of nitrogens with zero attached hydrogens (tertiary/aromatic N) is 2. The molecule has 0 unspecified atom stereocenters. The molecule has 0 aliphatic heterocycles. The summed E-state index contributed by atoms with van der Waals surface area (Å²) in [4.78, 5) is 11.6. The quantitative estimate of drug-likeness (QED) is 0.866. The topological polar surface area (TPSA) is 67.9 Å². The molecule has 0 atom stereocenters. The zero-order valence-electron chi connectivity index (χ0n) is 10.3. The van der Waals surface area contributed by atoms with Gasteiger partial charge in [0.25, 0.3) is 0 Å². The lowest BCUT2D eigenvalue weighted by molar-refractivity contribution is 0.0520. The van der Waals surface area contributed by atoms with E-state index < -0.39 is 17.6 Å². The monoisotopic (exact) mass is 267 g/mol. The summed E-state index contributed by atoms with van der Waals surface area (Å²) >= 11 is 0. The van der Waals surface area contributed by atoms with Crippen LogP contribution in [0.5, 0.6) is 0 Å². The number of hydrogen-bond acceptors (Lipinski definition) is 4. The Balaban J connectivity index is 2.54. The molecule has 1 aromatic carbocycles. The highest BCUT2D eigenvalue weighted by molar-refractivity contribution is 5.94. The molecule has 0 radical (unpaired) electrons. The van der Waals surface area contributed by atoms with E-state index >= 15 is 0 Å². The maximum Gasteiger partial charge on any atom is 0.361 e. The Morgan fingerprint density at radius 3 is 2.79 bits per heavy atom. The van der Waals surface area contributed by atoms with Crippen molar-refractivity contribution in [2.24, 2.45) is 0 Å². The second kappa shape index (κ2) is 5.13. The van der Waals surface area contributed by atoms with Gasteiger partial charge < -0.3 is 4.74 Å². The summed E-state index contributed by atoms with van der Waals surface area (Å²) in [5, 5.41) is 9.51. The Bertz CT molecular complexity index is 625. The van der Waals surface area contributed by atoms with E-state index in [2.05, 4.69) is 15.4 Å². The van der Waals surface area contributed by atoms with E-state index in [0.29, 0.717) is 5.56 Å². The number of aryl methyl sites for hydroxylation is 1. The van der Waals surface area contributed by atoms with Crippen LogP contribution >= 0.6 is 0 Å². The van der Waals surface area contributed by atoms with Gasteiger partial charge in [-0.1, -0.05) is 0 Å². The highest BCUT2D eigenvalue weighted by Gasteiger charge is 2.23. The van der Waals surface area contributed by atoms with Crippen LogP contribution in [0.4, 0.5) is 8.78 Å². The van der Waals surface area contributed by atoms with Crippen molar-refractivity contribution in [3.8, 4) is 11.3 Å². The fraction of sp³-hybridized carbons (Fsp3) is 0.250. The fourth-order valence-electron chi connectivity index (χ4n) is 1.66.